The molecule has 1 aliphatic rings. The number of rotatable bonds is 6. The number of aryl methyl sites for hydroxylation is 1. The van der Waals surface area contributed by atoms with E-state index in [0.717, 1.165) is 25.1 Å². The van der Waals surface area contributed by atoms with Gasteiger partial charge in [0.2, 0.25) is 0 Å². The third-order valence-corrected chi connectivity index (χ3v) is 5.72. The molecule has 0 saturated carbocycles. The SMILES string of the molecule is Cc1ccc(NS(=O)(=O)c2cccc(C(=O)NCC3=CCNCC3)c2)cc1. The third-order valence-electron chi connectivity index (χ3n) is 4.34. The van der Waals surface area contributed by atoms with Crippen molar-refractivity contribution < 1.29 is 13.2 Å². The lowest BCUT2D eigenvalue weighted by molar-refractivity contribution is 0.0956. The van der Waals surface area contributed by atoms with Crippen LogP contribution in [0.5, 0.6) is 0 Å². The number of carbonyl (C=O) groups is 1. The molecule has 0 spiro atoms. The summed E-state index contributed by atoms with van der Waals surface area (Å²) in [6, 6.07) is 13.1. The molecule has 1 aliphatic heterocycles. The number of sulfonamides is 1. The molecule has 1 amide bonds. The van der Waals surface area contributed by atoms with Gasteiger partial charge in [-0.3, -0.25) is 9.52 Å². The van der Waals surface area contributed by atoms with Crippen molar-refractivity contribution in [3.63, 3.8) is 0 Å². The van der Waals surface area contributed by atoms with E-state index < -0.39 is 10.0 Å². The van der Waals surface area contributed by atoms with Gasteiger partial charge in [0.15, 0.2) is 0 Å². The van der Waals surface area contributed by atoms with Gasteiger partial charge in [0.05, 0.1) is 4.90 Å². The molecule has 0 unspecified atom stereocenters. The molecule has 1 heterocycles. The van der Waals surface area contributed by atoms with Crippen LogP contribution in [0, 0.1) is 6.92 Å². The van der Waals surface area contributed by atoms with E-state index in [9.17, 15) is 13.2 Å². The van der Waals surface area contributed by atoms with Crippen LogP contribution in [0.3, 0.4) is 0 Å². The molecule has 0 bridgehead atoms. The highest BCUT2D eigenvalue weighted by Crippen LogP contribution is 2.18. The number of benzene rings is 2. The molecule has 6 nitrogen and oxygen atoms in total. The van der Waals surface area contributed by atoms with Crippen LogP contribution in [-0.4, -0.2) is 34.0 Å². The lowest BCUT2D eigenvalue weighted by atomic mass is 10.1. The minimum absolute atomic E-state index is 0.0526. The predicted octanol–water partition coefficient (Wildman–Crippen LogP) is 2.45. The fraction of sp³-hybridized carbons (Fsp3) is 0.250. The van der Waals surface area contributed by atoms with Crippen molar-refractivity contribution >= 4 is 21.6 Å². The lowest BCUT2D eigenvalue weighted by Gasteiger charge is -2.15. The molecular weight excluding hydrogens is 362 g/mol. The maximum atomic E-state index is 12.6. The Hall–Kier alpha value is -2.64. The number of nitrogens with one attached hydrogen (secondary N) is 3. The van der Waals surface area contributed by atoms with Gasteiger partial charge in [-0.1, -0.05) is 35.4 Å². The molecule has 0 radical (unpaired) electrons. The first-order valence-corrected chi connectivity index (χ1v) is 10.3. The molecular formula is C20H23N3O3S. The fourth-order valence-corrected chi connectivity index (χ4v) is 3.87. The number of amides is 1. The van der Waals surface area contributed by atoms with Crippen molar-refractivity contribution in [1.82, 2.24) is 10.6 Å². The minimum atomic E-state index is -3.77. The zero-order chi connectivity index (χ0) is 19.3. The van der Waals surface area contributed by atoms with Gasteiger partial charge in [-0.15, -0.1) is 0 Å². The van der Waals surface area contributed by atoms with E-state index in [1.165, 1.54) is 17.7 Å². The van der Waals surface area contributed by atoms with E-state index in [1.54, 1.807) is 24.3 Å². The Bertz CT molecular complexity index is 951. The van der Waals surface area contributed by atoms with Gasteiger partial charge in [0.1, 0.15) is 0 Å². The van der Waals surface area contributed by atoms with E-state index >= 15 is 0 Å². The summed E-state index contributed by atoms with van der Waals surface area (Å²) in [4.78, 5) is 12.4. The molecule has 0 fully saturated rings. The molecule has 3 N–H and O–H groups in total. The van der Waals surface area contributed by atoms with Crippen molar-refractivity contribution in [2.45, 2.75) is 18.2 Å². The molecule has 0 saturated heterocycles. The molecule has 0 atom stereocenters. The standard InChI is InChI=1S/C20H23N3O3S/c1-15-5-7-18(8-6-15)23-27(25,26)19-4-2-3-17(13-19)20(24)22-14-16-9-11-21-12-10-16/h2-9,13,21,23H,10-12,14H2,1H3,(H,22,24). The first-order valence-electron chi connectivity index (χ1n) is 8.80. The van der Waals surface area contributed by atoms with Crippen LogP contribution in [0.1, 0.15) is 22.3 Å². The molecule has 2 aromatic carbocycles. The largest absolute Gasteiger partial charge is 0.348 e. The number of hydrogen-bond donors (Lipinski definition) is 3. The summed E-state index contributed by atoms with van der Waals surface area (Å²) >= 11 is 0. The highest BCUT2D eigenvalue weighted by Gasteiger charge is 2.17. The first kappa shape index (κ1) is 19.1. The van der Waals surface area contributed by atoms with E-state index in [4.69, 9.17) is 0 Å². The van der Waals surface area contributed by atoms with E-state index in [-0.39, 0.29) is 10.8 Å². The lowest BCUT2D eigenvalue weighted by Crippen LogP contribution is -2.29. The second-order valence-electron chi connectivity index (χ2n) is 6.50. The molecule has 142 valence electrons. The summed E-state index contributed by atoms with van der Waals surface area (Å²) in [7, 11) is -3.77. The zero-order valence-electron chi connectivity index (χ0n) is 15.2. The van der Waals surface area contributed by atoms with Gasteiger partial charge < -0.3 is 10.6 Å². The third kappa shape index (κ3) is 5.18. The molecule has 7 heteroatoms. The minimum Gasteiger partial charge on any atom is -0.348 e. The monoisotopic (exact) mass is 385 g/mol. The zero-order valence-corrected chi connectivity index (χ0v) is 16.0. The summed E-state index contributed by atoms with van der Waals surface area (Å²) in [5, 5.41) is 6.07. The van der Waals surface area contributed by atoms with E-state index in [1.807, 2.05) is 19.1 Å². The average molecular weight is 385 g/mol. The van der Waals surface area contributed by atoms with Crippen LogP contribution in [0.25, 0.3) is 0 Å². The molecule has 0 aromatic heterocycles. The Morgan fingerprint density at radius 3 is 2.63 bits per heavy atom. The second kappa shape index (κ2) is 8.37. The maximum absolute atomic E-state index is 12.6. The summed E-state index contributed by atoms with van der Waals surface area (Å²) in [6.07, 6.45) is 2.96. The summed E-state index contributed by atoms with van der Waals surface area (Å²) in [5.41, 5.74) is 3.01. The van der Waals surface area contributed by atoms with Gasteiger partial charge in [-0.25, -0.2) is 8.42 Å². The van der Waals surface area contributed by atoms with E-state index in [0.29, 0.717) is 17.8 Å². The maximum Gasteiger partial charge on any atom is 0.261 e. The van der Waals surface area contributed by atoms with Crippen LogP contribution < -0.4 is 15.4 Å². The van der Waals surface area contributed by atoms with Crippen molar-refractivity contribution in [3.05, 3.63) is 71.3 Å². The van der Waals surface area contributed by atoms with Crippen LogP contribution in [0.2, 0.25) is 0 Å². The van der Waals surface area contributed by atoms with E-state index in [2.05, 4.69) is 21.4 Å². The summed E-state index contributed by atoms with van der Waals surface area (Å²) < 4.78 is 27.8. The average Bonchev–Trinajstić information content (AvgIpc) is 2.68. The van der Waals surface area contributed by atoms with Crippen LogP contribution in [-0.2, 0) is 10.0 Å². The molecule has 3 rings (SSSR count). The van der Waals surface area contributed by atoms with Crippen molar-refractivity contribution in [2.75, 3.05) is 24.4 Å². The molecule has 0 aliphatic carbocycles. The highest BCUT2D eigenvalue weighted by molar-refractivity contribution is 7.92. The van der Waals surface area contributed by atoms with Crippen molar-refractivity contribution in [2.24, 2.45) is 0 Å². The Morgan fingerprint density at radius 2 is 1.93 bits per heavy atom. The Labute approximate surface area is 159 Å². The van der Waals surface area contributed by atoms with Gasteiger partial charge in [-0.2, -0.15) is 0 Å². The van der Waals surface area contributed by atoms with Crippen LogP contribution in [0.15, 0.2) is 65.1 Å². The smallest absolute Gasteiger partial charge is 0.261 e. The normalized spacial score (nSPS) is 14.3. The summed E-state index contributed by atoms with van der Waals surface area (Å²) in [5.74, 6) is -0.290. The van der Waals surface area contributed by atoms with Crippen LogP contribution in [0.4, 0.5) is 5.69 Å². The molecule has 2 aromatic rings. The van der Waals surface area contributed by atoms with Gasteiger partial charge in [0.25, 0.3) is 15.9 Å². The Morgan fingerprint density at radius 1 is 1.15 bits per heavy atom. The predicted molar refractivity (Wildman–Crippen MR) is 106 cm³/mol. The summed E-state index contributed by atoms with van der Waals surface area (Å²) in [6.45, 7) is 4.11. The fourth-order valence-electron chi connectivity index (χ4n) is 2.77. The van der Waals surface area contributed by atoms with Crippen molar-refractivity contribution in [1.29, 1.82) is 0 Å². The van der Waals surface area contributed by atoms with Crippen LogP contribution >= 0.6 is 0 Å². The molecule has 27 heavy (non-hydrogen) atoms. The number of hydrogen-bond acceptors (Lipinski definition) is 4. The number of carbonyl (C=O) groups excluding carboxylic acids is 1. The van der Waals surface area contributed by atoms with Crippen molar-refractivity contribution in [3.8, 4) is 0 Å². The van der Waals surface area contributed by atoms with Gasteiger partial charge in [0, 0.05) is 24.3 Å². The van der Waals surface area contributed by atoms with Gasteiger partial charge >= 0.3 is 0 Å². The second-order valence-corrected chi connectivity index (χ2v) is 8.18. The Kier molecular flexibility index (Phi) is 5.93. The Balaban J connectivity index is 1.70. The van der Waals surface area contributed by atoms with Gasteiger partial charge in [-0.05, 0) is 50.2 Å². The highest BCUT2D eigenvalue weighted by atomic mass is 32.2. The first-order chi connectivity index (χ1) is 12.9. The quantitative estimate of drug-likeness (QED) is 0.667. The number of anilines is 1. The topological polar surface area (TPSA) is 87.3 Å².